The van der Waals surface area contributed by atoms with Gasteiger partial charge in [0, 0.05) is 19.0 Å². The lowest BCUT2D eigenvalue weighted by molar-refractivity contribution is 0.468. The standard InChI is InChI=1S/C15H16FN7/c1-10-2-3-13-19-20-14(23(13)21-10)11-4-6-22(7-5-11)15-12(16)8-17-9-18-15/h2-3,8-9,11H,4-7H2,1H3. The Bertz CT molecular complexity index is 839. The Kier molecular flexibility index (Phi) is 3.36. The van der Waals surface area contributed by atoms with Gasteiger partial charge in [-0.15, -0.1) is 10.2 Å². The maximum absolute atomic E-state index is 13.8. The van der Waals surface area contributed by atoms with E-state index in [2.05, 4.69) is 25.3 Å². The van der Waals surface area contributed by atoms with Crippen molar-refractivity contribution in [3.63, 3.8) is 0 Å². The number of halogens is 1. The van der Waals surface area contributed by atoms with Crippen molar-refractivity contribution >= 4 is 11.5 Å². The van der Waals surface area contributed by atoms with E-state index in [1.165, 1.54) is 12.5 Å². The van der Waals surface area contributed by atoms with Crippen LogP contribution in [-0.4, -0.2) is 42.9 Å². The molecular formula is C15H16FN7. The third kappa shape index (κ3) is 2.49. The molecule has 0 saturated carbocycles. The monoisotopic (exact) mass is 313 g/mol. The van der Waals surface area contributed by atoms with Crippen LogP contribution in [0.2, 0.25) is 0 Å². The molecule has 8 heteroatoms. The van der Waals surface area contributed by atoms with Gasteiger partial charge in [-0.05, 0) is 31.9 Å². The van der Waals surface area contributed by atoms with Crippen molar-refractivity contribution in [3.8, 4) is 0 Å². The van der Waals surface area contributed by atoms with Crippen molar-refractivity contribution in [1.29, 1.82) is 0 Å². The number of hydrogen-bond acceptors (Lipinski definition) is 6. The fraction of sp³-hybridized carbons (Fsp3) is 0.400. The van der Waals surface area contributed by atoms with Gasteiger partial charge in [0.25, 0.3) is 0 Å². The van der Waals surface area contributed by atoms with E-state index in [-0.39, 0.29) is 11.7 Å². The predicted octanol–water partition coefficient (Wildman–Crippen LogP) is 1.75. The van der Waals surface area contributed by atoms with E-state index in [1.54, 1.807) is 0 Å². The molecule has 0 amide bonds. The van der Waals surface area contributed by atoms with Crippen LogP contribution < -0.4 is 4.90 Å². The Balaban J connectivity index is 1.55. The zero-order valence-corrected chi connectivity index (χ0v) is 12.7. The summed E-state index contributed by atoms with van der Waals surface area (Å²) in [7, 11) is 0. The van der Waals surface area contributed by atoms with Crippen LogP contribution in [0.5, 0.6) is 0 Å². The van der Waals surface area contributed by atoms with Crippen molar-refractivity contribution in [2.24, 2.45) is 0 Å². The van der Waals surface area contributed by atoms with Crippen molar-refractivity contribution in [2.45, 2.75) is 25.7 Å². The van der Waals surface area contributed by atoms with Gasteiger partial charge in [0.1, 0.15) is 6.33 Å². The van der Waals surface area contributed by atoms with E-state index in [0.717, 1.165) is 43.1 Å². The van der Waals surface area contributed by atoms with Crippen LogP contribution in [0.3, 0.4) is 0 Å². The zero-order valence-electron chi connectivity index (χ0n) is 12.7. The van der Waals surface area contributed by atoms with E-state index in [0.29, 0.717) is 5.82 Å². The first-order chi connectivity index (χ1) is 11.2. The first-order valence-corrected chi connectivity index (χ1v) is 7.62. The SMILES string of the molecule is Cc1ccc2nnc(C3CCN(c4ncncc4F)CC3)n2n1. The molecule has 118 valence electrons. The second-order valence-corrected chi connectivity index (χ2v) is 5.76. The molecule has 4 rings (SSSR count). The number of hydrogen-bond donors (Lipinski definition) is 0. The van der Waals surface area contributed by atoms with Gasteiger partial charge in [-0.25, -0.2) is 14.4 Å². The minimum absolute atomic E-state index is 0.264. The summed E-state index contributed by atoms with van der Waals surface area (Å²) >= 11 is 0. The Hall–Kier alpha value is -2.64. The molecule has 0 aliphatic carbocycles. The van der Waals surface area contributed by atoms with Crippen LogP contribution >= 0.6 is 0 Å². The van der Waals surface area contributed by atoms with Crippen molar-refractivity contribution in [3.05, 3.63) is 42.0 Å². The van der Waals surface area contributed by atoms with Crippen molar-refractivity contribution in [2.75, 3.05) is 18.0 Å². The number of aromatic nitrogens is 6. The number of fused-ring (bicyclic) bond motifs is 1. The van der Waals surface area contributed by atoms with E-state index in [9.17, 15) is 4.39 Å². The molecule has 0 N–H and O–H groups in total. The van der Waals surface area contributed by atoms with E-state index < -0.39 is 0 Å². The lowest BCUT2D eigenvalue weighted by Gasteiger charge is -2.31. The van der Waals surface area contributed by atoms with Crippen molar-refractivity contribution in [1.82, 2.24) is 29.8 Å². The van der Waals surface area contributed by atoms with Crippen LogP contribution in [0.1, 0.15) is 30.3 Å². The Labute approximate surface area is 132 Å². The van der Waals surface area contributed by atoms with E-state index >= 15 is 0 Å². The van der Waals surface area contributed by atoms with Gasteiger partial charge in [-0.1, -0.05) is 0 Å². The van der Waals surface area contributed by atoms with Crippen LogP contribution in [0, 0.1) is 12.7 Å². The lowest BCUT2D eigenvalue weighted by Crippen LogP contribution is -2.34. The highest BCUT2D eigenvalue weighted by Crippen LogP contribution is 2.29. The molecule has 0 radical (unpaired) electrons. The normalized spacial score (nSPS) is 16.2. The van der Waals surface area contributed by atoms with E-state index in [4.69, 9.17) is 0 Å². The van der Waals surface area contributed by atoms with Gasteiger partial charge in [-0.3, -0.25) is 0 Å². The molecule has 0 unspecified atom stereocenters. The summed E-state index contributed by atoms with van der Waals surface area (Å²) in [6.45, 7) is 3.39. The van der Waals surface area contributed by atoms with Crippen LogP contribution in [0.4, 0.5) is 10.2 Å². The molecule has 0 atom stereocenters. The average Bonchev–Trinajstić information content (AvgIpc) is 2.98. The topological polar surface area (TPSA) is 72.1 Å². The van der Waals surface area contributed by atoms with E-state index in [1.807, 2.05) is 28.5 Å². The molecule has 1 saturated heterocycles. The van der Waals surface area contributed by atoms with Crippen LogP contribution in [0.15, 0.2) is 24.7 Å². The Morgan fingerprint density at radius 1 is 1.17 bits per heavy atom. The number of piperidine rings is 1. The van der Waals surface area contributed by atoms with Gasteiger partial charge in [0.05, 0.1) is 11.9 Å². The fourth-order valence-corrected chi connectivity index (χ4v) is 3.04. The Morgan fingerprint density at radius 2 is 2.00 bits per heavy atom. The maximum atomic E-state index is 13.8. The molecule has 1 aliphatic heterocycles. The summed E-state index contributed by atoms with van der Waals surface area (Å²) in [6, 6.07) is 3.85. The molecule has 4 heterocycles. The number of aryl methyl sites for hydroxylation is 1. The fourth-order valence-electron chi connectivity index (χ4n) is 3.04. The van der Waals surface area contributed by atoms with Crippen molar-refractivity contribution < 1.29 is 4.39 Å². The molecule has 3 aromatic heterocycles. The molecule has 0 aromatic carbocycles. The quantitative estimate of drug-likeness (QED) is 0.717. The van der Waals surface area contributed by atoms with Gasteiger partial charge in [0.2, 0.25) is 0 Å². The molecule has 23 heavy (non-hydrogen) atoms. The molecular weight excluding hydrogens is 297 g/mol. The molecule has 3 aromatic rings. The second-order valence-electron chi connectivity index (χ2n) is 5.76. The summed E-state index contributed by atoms with van der Waals surface area (Å²) in [5.74, 6) is 1.14. The highest BCUT2D eigenvalue weighted by molar-refractivity contribution is 5.40. The summed E-state index contributed by atoms with van der Waals surface area (Å²) in [4.78, 5) is 9.69. The minimum Gasteiger partial charge on any atom is -0.354 e. The highest BCUT2D eigenvalue weighted by atomic mass is 19.1. The summed E-state index contributed by atoms with van der Waals surface area (Å²) in [5.41, 5.74) is 1.69. The average molecular weight is 313 g/mol. The zero-order chi connectivity index (χ0) is 15.8. The van der Waals surface area contributed by atoms with Crippen LogP contribution in [0.25, 0.3) is 5.65 Å². The summed E-state index contributed by atoms with van der Waals surface area (Å²) in [6.07, 6.45) is 4.30. The lowest BCUT2D eigenvalue weighted by atomic mass is 9.96. The smallest absolute Gasteiger partial charge is 0.183 e. The molecule has 1 aliphatic rings. The first-order valence-electron chi connectivity index (χ1n) is 7.62. The molecule has 1 fully saturated rings. The highest BCUT2D eigenvalue weighted by Gasteiger charge is 2.26. The van der Waals surface area contributed by atoms with Gasteiger partial charge in [0.15, 0.2) is 23.1 Å². The molecule has 7 nitrogen and oxygen atoms in total. The molecule has 0 spiro atoms. The van der Waals surface area contributed by atoms with Gasteiger partial charge >= 0.3 is 0 Å². The van der Waals surface area contributed by atoms with Crippen LogP contribution in [-0.2, 0) is 0 Å². The second kappa shape index (κ2) is 5.53. The third-order valence-electron chi connectivity index (χ3n) is 4.23. The maximum Gasteiger partial charge on any atom is 0.183 e. The third-order valence-corrected chi connectivity index (χ3v) is 4.23. The number of rotatable bonds is 2. The summed E-state index contributed by atoms with van der Waals surface area (Å²) in [5, 5.41) is 13.0. The minimum atomic E-state index is -0.379. The largest absolute Gasteiger partial charge is 0.354 e. The number of nitrogens with zero attached hydrogens (tertiary/aromatic N) is 7. The van der Waals surface area contributed by atoms with Gasteiger partial charge < -0.3 is 4.90 Å². The predicted molar refractivity (Wildman–Crippen MR) is 81.7 cm³/mol. The first kappa shape index (κ1) is 14.0. The van der Waals surface area contributed by atoms with Gasteiger partial charge in [-0.2, -0.15) is 9.61 Å². The molecule has 0 bridgehead atoms. The summed E-state index contributed by atoms with van der Waals surface area (Å²) < 4.78 is 15.6. The Morgan fingerprint density at radius 3 is 2.78 bits per heavy atom. The number of anilines is 1.